The number of nitrogens with one attached hydrogen (secondary N) is 3. The summed E-state index contributed by atoms with van der Waals surface area (Å²) in [5, 5.41) is 15.0. The summed E-state index contributed by atoms with van der Waals surface area (Å²) in [5.74, 6) is 1.94. The molecule has 0 bridgehead atoms. The number of hydrogen-bond acceptors (Lipinski definition) is 5. The van der Waals surface area contributed by atoms with E-state index in [4.69, 9.17) is 22.3 Å². The molecule has 0 saturated heterocycles. The molecule has 0 amide bonds. The van der Waals surface area contributed by atoms with E-state index in [9.17, 15) is 0 Å². The number of imidazole rings is 1. The van der Waals surface area contributed by atoms with Gasteiger partial charge in [0.2, 0.25) is 0 Å². The minimum Gasteiger partial charge on any atom is -0.379 e. The predicted octanol–water partition coefficient (Wildman–Crippen LogP) is 2.92. The van der Waals surface area contributed by atoms with E-state index in [1.165, 1.54) is 34.7 Å². The van der Waals surface area contributed by atoms with Crippen LogP contribution in [0.3, 0.4) is 0 Å². The van der Waals surface area contributed by atoms with E-state index in [1.54, 1.807) is 6.33 Å². The van der Waals surface area contributed by atoms with Crippen LogP contribution in [0.1, 0.15) is 29.2 Å². The molecule has 25 heavy (non-hydrogen) atoms. The Morgan fingerprint density at radius 3 is 2.40 bits per heavy atom. The molecule has 7 N–H and O–H groups in total. The lowest BCUT2D eigenvalue weighted by Crippen LogP contribution is -2.10. The number of rotatable bonds is 9. The first-order valence-electron chi connectivity index (χ1n) is 8.04. The van der Waals surface area contributed by atoms with Crippen LogP contribution in [0.25, 0.3) is 0 Å². The number of aromatic amines is 1. The summed E-state index contributed by atoms with van der Waals surface area (Å²) in [6, 6.07) is 8.59. The fourth-order valence-electron chi connectivity index (χ4n) is 2.52. The zero-order chi connectivity index (χ0) is 18.1. The fraction of sp³-hybridized carbons (Fsp3) is 0.353. The summed E-state index contributed by atoms with van der Waals surface area (Å²) >= 11 is 2.75. The summed E-state index contributed by atoms with van der Waals surface area (Å²) < 4.78 is 0. The van der Waals surface area contributed by atoms with Gasteiger partial charge in [-0.3, -0.25) is 10.8 Å². The van der Waals surface area contributed by atoms with E-state index < -0.39 is 0 Å². The number of hydrogen-bond donors (Lipinski definition) is 5. The molecular weight excluding hydrogens is 352 g/mol. The second-order valence-corrected chi connectivity index (χ2v) is 7.89. The molecule has 0 aliphatic heterocycles. The van der Waals surface area contributed by atoms with Gasteiger partial charge in [0.25, 0.3) is 0 Å². The number of thioether (sulfide) groups is 2. The number of H-pyrrole nitrogens is 1. The van der Waals surface area contributed by atoms with Gasteiger partial charge in [0.15, 0.2) is 10.3 Å². The van der Waals surface area contributed by atoms with Gasteiger partial charge in [-0.2, -0.15) is 0 Å². The highest BCUT2D eigenvalue weighted by Gasteiger charge is 2.13. The number of aryl methyl sites for hydroxylation is 2. The van der Waals surface area contributed by atoms with Crippen LogP contribution in [0, 0.1) is 10.8 Å². The zero-order valence-corrected chi connectivity index (χ0v) is 15.6. The Kier molecular flexibility index (Phi) is 7.87. The minimum atomic E-state index is 0.157. The maximum atomic E-state index is 7.46. The first kappa shape index (κ1) is 19.4. The van der Waals surface area contributed by atoms with Gasteiger partial charge in [0, 0.05) is 23.4 Å². The number of benzene rings is 1. The van der Waals surface area contributed by atoms with E-state index in [0.717, 1.165) is 36.5 Å². The van der Waals surface area contributed by atoms with Crippen LogP contribution in [0.5, 0.6) is 0 Å². The van der Waals surface area contributed by atoms with Gasteiger partial charge in [0.1, 0.15) is 0 Å². The smallest absolute Gasteiger partial charge is 0.151 e. The molecule has 1 aromatic carbocycles. The first-order valence-corrected chi connectivity index (χ1v) is 10.0. The highest BCUT2D eigenvalue weighted by atomic mass is 32.2. The molecule has 1 heterocycles. The molecule has 6 nitrogen and oxygen atoms in total. The summed E-state index contributed by atoms with van der Waals surface area (Å²) in [4.78, 5) is 7.19. The maximum Gasteiger partial charge on any atom is 0.151 e. The van der Waals surface area contributed by atoms with E-state index >= 15 is 0 Å². The Bertz CT molecular complexity index is 669. The molecule has 134 valence electrons. The predicted molar refractivity (Wildman–Crippen MR) is 109 cm³/mol. The monoisotopic (exact) mass is 376 g/mol. The molecule has 1 aromatic heterocycles. The molecule has 0 fully saturated rings. The van der Waals surface area contributed by atoms with Crippen molar-refractivity contribution in [3.8, 4) is 0 Å². The Labute approximate surface area is 156 Å². The third kappa shape index (κ3) is 7.23. The second kappa shape index (κ2) is 10.1. The van der Waals surface area contributed by atoms with Crippen LogP contribution < -0.4 is 11.5 Å². The highest BCUT2D eigenvalue weighted by molar-refractivity contribution is 8.13. The van der Waals surface area contributed by atoms with Crippen LogP contribution >= 0.6 is 23.5 Å². The Morgan fingerprint density at radius 2 is 1.80 bits per heavy atom. The van der Waals surface area contributed by atoms with E-state index in [2.05, 4.69) is 34.2 Å². The fourth-order valence-corrected chi connectivity index (χ4v) is 3.82. The minimum absolute atomic E-state index is 0.157. The third-order valence-electron chi connectivity index (χ3n) is 3.86. The molecule has 1 atom stereocenters. The van der Waals surface area contributed by atoms with Crippen molar-refractivity contribution < 1.29 is 0 Å². The number of aromatic nitrogens is 2. The van der Waals surface area contributed by atoms with Gasteiger partial charge < -0.3 is 16.5 Å². The van der Waals surface area contributed by atoms with Crippen molar-refractivity contribution in [2.24, 2.45) is 11.5 Å². The average molecular weight is 377 g/mol. The SMILES string of the molecule is N=C(N)SCCc1ccc([C@@H](CCc2cnc[nH]2)CSC(=N)N)cc1. The van der Waals surface area contributed by atoms with Crippen molar-refractivity contribution in [1.82, 2.24) is 9.97 Å². The van der Waals surface area contributed by atoms with Crippen LogP contribution in [0.15, 0.2) is 36.8 Å². The second-order valence-electron chi connectivity index (χ2n) is 5.69. The van der Waals surface area contributed by atoms with Crippen LogP contribution in [-0.2, 0) is 12.8 Å². The van der Waals surface area contributed by atoms with Gasteiger partial charge in [-0.05, 0) is 36.3 Å². The summed E-state index contributed by atoms with van der Waals surface area (Å²) in [6.07, 6.45) is 6.33. The normalized spacial score (nSPS) is 12.0. The Morgan fingerprint density at radius 1 is 1.08 bits per heavy atom. The van der Waals surface area contributed by atoms with E-state index in [1.807, 2.05) is 6.20 Å². The van der Waals surface area contributed by atoms with Gasteiger partial charge in [-0.1, -0.05) is 47.8 Å². The van der Waals surface area contributed by atoms with Crippen molar-refractivity contribution in [2.75, 3.05) is 11.5 Å². The summed E-state index contributed by atoms with van der Waals surface area (Å²) in [7, 11) is 0. The standard InChI is InChI=1S/C17H24N6S2/c18-16(19)24-8-7-12-1-3-13(4-2-12)14(10-25-17(20)21)5-6-15-9-22-11-23-15/h1-4,9,11,14H,5-8,10H2,(H3,18,19)(H3,20,21)(H,22,23)/t14-/m0/s1. The van der Waals surface area contributed by atoms with Crippen molar-refractivity contribution in [1.29, 1.82) is 10.8 Å². The molecule has 0 saturated carbocycles. The van der Waals surface area contributed by atoms with Gasteiger partial charge in [0.05, 0.1) is 6.33 Å². The van der Waals surface area contributed by atoms with Crippen molar-refractivity contribution >= 4 is 33.9 Å². The Balaban J connectivity index is 1.96. The average Bonchev–Trinajstić information content (AvgIpc) is 3.09. The molecule has 2 aromatic rings. The molecule has 0 aliphatic carbocycles. The lowest BCUT2D eigenvalue weighted by Gasteiger charge is -2.17. The van der Waals surface area contributed by atoms with E-state index in [0.29, 0.717) is 5.92 Å². The first-order chi connectivity index (χ1) is 12.0. The molecule has 0 aliphatic rings. The number of amidine groups is 2. The molecule has 0 spiro atoms. The number of nitrogens with two attached hydrogens (primary N) is 2. The quantitative estimate of drug-likeness (QED) is 0.339. The lowest BCUT2D eigenvalue weighted by molar-refractivity contribution is 0.681. The van der Waals surface area contributed by atoms with Gasteiger partial charge >= 0.3 is 0 Å². The van der Waals surface area contributed by atoms with Crippen molar-refractivity contribution in [3.63, 3.8) is 0 Å². The highest BCUT2D eigenvalue weighted by Crippen LogP contribution is 2.26. The largest absolute Gasteiger partial charge is 0.379 e. The third-order valence-corrected chi connectivity index (χ3v) is 5.46. The van der Waals surface area contributed by atoms with Gasteiger partial charge in [-0.15, -0.1) is 0 Å². The molecule has 0 unspecified atom stereocenters. The van der Waals surface area contributed by atoms with Crippen LogP contribution in [-0.4, -0.2) is 31.8 Å². The molecule has 2 rings (SSSR count). The molecule has 8 heteroatoms. The van der Waals surface area contributed by atoms with Gasteiger partial charge in [-0.25, -0.2) is 4.98 Å². The molecular formula is C17H24N6S2. The Hall–Kier alpha value is -1.93. The maximum absolute atomic E-state index is 7.46. The zero-order valence-electron chi connectivity index (χ0n) is 14.0. The summed E-state index contributed by atoms with van der Waals surface area (Å²) in [5.41, 5.74) is 14.5. The number of nitrogens with zero attached hydrogens (tertiary/aromatic N) is 1. The topological polar surface area (TPSA) is 128 Å². The van der Waals surface area contributed by atoms with Crippen LogP contribution in [0.2, 0.25) is 0 Å². The van der Waals surface area contributed by atoms with Crippen molar-refractivity contribution in [3.05, 3.63) is 53.6 Å². The lowest BCUT2D eigenvalue weighted by atomic mass is 9.94. The molecule has 0 radical (unpaired) electrons. The van der Waals surface area contributed by atoms with Crippen molar-refractivity contribution in [2.45, 2.75) is 25.2 Å². The van der Waals surface area contributed by atoms with E-state index in [-0.39, 0.29) is 10.3 Å². The van der Waals surface area contributed by atoms with Crippen LogP contribution in [0.4, 0.5) is 0 Å². The summed E-state index contributed by atoms with van der Waals surface area (Å²) in [6.45, 7) is 0.